The first-order valence-corrected chi connectivity index (χ1v) is 10.3. The van der Waals surface area contributed by atoms with Gasteiger partial charge in [0.1, 0.15) is 0 Å². The number of carbonyl (C=O) groups is 1. The summed E-state index contributed by atoms with van der Waals surface area (Å²) in [6.07, 6.45) is 1.84. The third-order valence-electron chi connectivity index (χ3n) is 4.74. The van der Waals surface area contributed by atoms with Gasteiger partial charge in [-0.2, -0.15) is 0 Å². The minimum absolute atomic E-state index is 0.184. The highest BCUT2D eigenvalue weighted by atomic mass is 32.1. The molecule has 0 spiro atoms. The van der Waals surface area contributed by atoms with Crippen LogP contribution < -0.4 is 14.8 Å². The normalized spacial score (nSPS) is 11.9. The van der Waals surface area contributed by atoms with E-state index in [1.807, 2.05) is 29.2 Å². The Labute approximate surface area is 166 Å². The van der Waals surface area contributed by atoms with Crippen molar-refractivity contribution in [3.63, 3.8) is 0 Å². The second-order valence-corrected chi connectivity index (χ2v) is 7.69. The second kappa shape index (κ2) is 10.9. The Bertz CT molecular complexity index is 703. The van der Waals surface area contributed by atoms with E-state index < -0.39 is 0 Å². The van der Waals surface area contributed by atoms with Crippen molar-refractivity contribution in [2.24, 2.45) is 0 Å². The number of carbonyl (C=O) groups excluding carboxylic acids is 1. The number of nitrogens with zero attached hydrogens (tertiary/aromatic N) is 1. The Morgan fingerprint density at radius 3 is 2.63 bits per heavy atom. The first kappa shape index (κ1) is 21.3. The molecule has 2 rings (SSSR count). The Balaban J connectivity index is 2.03. The van der Waals surface area contributed by atoms with Crippen LogP contribution in [0.2, 0.25) is 0 Å². The number of amides is 1. The number of thiophene rings is 1. The number of benzene rings is 1. The number of hydrogen-bond acceptors (Lipinski definition) is 4. The molecule has 2 N–H and O–H groups in total. The van der Waals surface area contributed by atoms with Gasteiger partial charge in [0.05, 0.1) is 26.8 Å². The second-order valence-electron chi connectivity index (χ2n) is 6.66. The summed E-state index contributed by atoms with van der Waals surface area (Å²) in [4.78, 5) is 16.0. The zero-order valence-corrected chi connectivity index (χ0v) is 17.6. The van der Waals surface area contributed by atoms with E-state index in [9.17, 15) is 4.79 Å². The third kappa shape index (κ3) is 6.56. The SMILES string of the molecule is CC[C@@H](C)[NH2+]CC(=O)N(CCc1ccc(OC)c(OC)c1)Cc1cccs1. The molecule has 6 heteroatoms. The summed E-state index contributed by atoms with van der Waals surface area (Å²) in [5, 5.41) is 4.18. The number of nitrogens with two attached hydrogens (primary N) is 1. The minimum atomic E-state index is 0.184. The van der Waals surface area contributed by atoms with Gasteiger partial charge in [-0.1, -0.05) is 19.1 Å². The van der Waals surface area contributed by atoms with Gasteiger partial charge in [0.25, 0.3) is 5.91 Å². The molecule has 27 heavy (non-hydrogen) atoms. The van der Waals surface area contributed by atoms with Crippen LogP contribution in [0.25, 0.3) is 0 Å². The Hall–Kier alpha value is -2.05. The monoisotopic (exact) mass is 391 g/mol. The van der Waals surface area contributed by atoms with Gasteiger partial charge in [0.2, 0.25) is 0 Å². The van der Waals surface area contributed by atoms with Crippen LogP contribution in [0.3, 0.4) is 0 Å². The lowest BCUT2D eigenvalue weighted by Gasteiger charge is -2.22. The molecule has 0 saturated carbocycles. The number of hydrogen-bond donors (Lipinski definition) is 1. The highest BCUT2D eigenvalue weighted by Crippen LogP contribution is 2.27. The zero-order valence-electron chi connectivity index (χ0n) is 16.7. The Morgan fingerprint density at radius 2 is 2.00 bits per heavy atom. The summed E-state index contributed by atoms with van der Waals surface area (Å²) < 4.78 is 10.7. The van der Waals surface area contributed by atoms with E-state index in [1.165, 1.54) is 4.88 Å². The first-order chi connectivity index (χ1) is 13.1. The van der Waals surface area contributed by atoms with Gasteiger partial charge < -0.3 is 19.7 Å². The van der Waals surface area contributed by atoms with Crippen LogP contribution >= 0.6 is 11.3 Å². The third-order valence-corrected chi connectivity index (χ3v) is 5.60. The maximum Gasteiger partial charge on any atom is 0.278 e. The van der Waals surface area contributed by atoms with Crippen molar-refractivity contribution in [2.45, 2.75) is 39.3 Å². The quantitative estimate of drug-likeness (QED) is 0.641. The summed E-state index contributed by atoms with van der Waals surface area (Å²) in [7, 11) is 3.27. The first-order valence-electron chi connectivity index (χ1n) is 9.41. The standard InChI is InChI=1S/C21H30N2O3S/c1-5-16(2)22-14-21(24)23(15-18-7-6-12-27-18)11-10-17-8-9-19(25-3)20(13-17)26-4/h6-9,12-13,16,22H,5,10-11,14-15H2,1-4H3/p+1/t16-/m1/s1. The molecule has 0 aliphatic heterocycles. The van der Waals surface area contributed by atoms with E-state index in [4.69, 9.17) is 9.47 Å². The molecular weight excluding hydrogens is 360 g/mol. The van der Waals surface area contributed by atoms with Crippen LogP contribution in [-0.2, 0) is 17.8 Å². The summed E-state index contributed by atoms with van der Waals surface area (Å²) in [6, 6.07) is 10.5. The van der Waals surface area contributed by atoms with E-state index in [0.29, 0.717) is 25.7 Å². The van der Waals surface area contributed by atoms with E-state index in [-0.39, 0.29) is 5.91 Å². The summed E-state index contributed by atoms with van der Waals surface area (Å²) in [5.41, 5.74) is 1.13. The average molecular weight is 392 g/mol. The lowest BCUT2D eigenvalue weighted by atomic mass is 10.1. The molecule has 0 saturated heterocycles. The number of ether oxygens (including phenoxy) is 2. The van der Waals surface area contributed by atoms with Gasteiger partial charge in [-0.15, -0.1) is 11.3 Å². The van der Waals surface area contributed by atoms with Crippen LogP contribution in [0.1, 0.15) is 30.7 Å². The molecule has 1 aromatic heterocycles. The van der Waals surface area contributed by atoms with Crippen LogP contribution in [0.15, 0.2) is 35.7 Å². The summed E-state index contributed by atoms with van der Waals surface area (Å²) in [6.45, 7) is 6.14. The molecule has 0 aliphatic rings. The van der Waals surface area contributed by atoms with Crippen molar-refractivity contribution in [2.75, 3.05) is 27.3 Å². The van der Waals surface area contributed by atoms with Crippen LogP contribution in [0, 0.1) is 0 Å². The predicted molar refractivity (Wildman–Crippen MR) is 110 cm³/mol. The maximum absolute atomic E-state index is 12.8. The average Bonchev–Trinajstić information content (AvgIpc) is 3.21. The smallest absolute Gasteiger partial charge is 0.278 e. The van der Waals surface area contributed by atoms with Crippen molar-refractivity contribution in [3.05, 3.63) is 46.2 Å². The molecule has 1 atom stereocenters. The van der Waals surface area contributed by atoms with E-state index in [2.05, 4.69) is 30.6 Å². The van der Waals surface area contributed by atoms with Crippen molar-refractivity contribution in [1.29, 1.82) is 0 Å². The number of quaternary nitrogens is 1. The molecule has 0 fully saturated rings. The molecule has 1 amide bonds. The van der Waals surface area contributed by atoms with Gasteiger partial charge in [-0.05, 0) is 48.9 Å². The van der Waals surface area contributed by atoms with E-state index in [1.54, 1.807) is 25.6 Å². The number of methoxy groups -OCH3 is 2. The van der Waals surface area contributed by atoms with Gasteiger partial charge in [-0.3, -0.25) is 4.79 Å². The van der Waals surface area contributed by atoms with Crippen molar-refractivity contribution < 1.29 is 19.6 Å². The van der Waals surface area contributed by atoms with Crippen LogP contribution in [-0.4, -0.2) is 44.2 Å². The molecule has 0 unspecified atom stereocenters. The van der Waals surface area contributed by atoms with Crippen molar-refractivity contribution >= 4 is 17.2 Å². The fourth-order valence-corrected chi connectivity index (χ4v) is 3.50. The predicted octanol–water partition coefficient (Wildman–Crippen LogP) is 2.70. The molecule has 0 bridgehead atoms. The van der Waals surface area contributed by atoms with Gasteiger partial charge >= 0.3 is 0 Å². The summed E-state index contributed by atoms with van der Waals surface area (Å²) in [5.74, 6) is 1.62. The highest BCUT2D eigenvalue weighted by Gasteiger charge is 2.17. The molecular formula is C21H31N2O3S+. The van der Waals surface area contributed by atoms with Crippen LogP contribution in [0.4, 0.5) is 0 Å². The molecule has 1 aromatic carbocycles. The molecule has 0 aliphatic carbocycles. The zero-order chi connectivity index (χ0) is 19.6. The fraction of sp³-hybridized carbons (Fsp3) is 0.476. The topological polar surface area (TPSA) is 55.4 Å². The Kier molecular flexibility index (Phi) is 8.61. The van der Waals surface area contributed by atoms with Crippen molar-refractivity contribution in [1.82, 2.24) is 4.90 Å². The lowest BCUT2D eigenvalue weighted by molar-refractivity contribution is -0.676. The van der Waals surface area contributed by atoms with E-state index in [0.717, 1.165) is 29.9 Å². The highest BCUT2D eigenvalue weighted by molar-refractivity contribution is 7.09. The molecule has 1 heterocycles. The van der Waals surface area contributed by atoms with Crippen LogP contribution in [0.5, 0.6) is 11.5 Å². The molecule has 148 valence electrons. The maximum atomic E-state index is 12.8. The molecule has 0 radical (unpaired) electrons. The Morgan fingerprint density at radius 1 is 1.22 bits per heavy atom. The molecule has 5 nitrogen and oxygen atoms in total. The van der Waals surface area contributed by atoms with Gasteiger partial charge in [-0.25, -0.2) is 0 Å². The van der Waals surface area contributed by atoms with Crippen molar-refractivity contribution in [3.8, 4) is 11.5 Å². The minimum Gasteiger partial charge on any atom is -0.493 e. The lowest BCUT2D eigenvalue weighted by Crippen LogP contribution is -2.91. The van der Waals surface area contributed by atoms with Gasteiger partial charge in [0.15, 0.2) is 18.0 Å². The van der Waals surface area contributed by atoms with Gasteiger partial charge in [0, 0.05) is 11.4 Å². The van der Waals surface area contributed by atoms with E-state index >= 15 is 0 Å². The number of rotatable bonds is 11. The largest absolute Gasteiger partial charge is 0.493 e. The summed E-state index contributed by atoms with van der Waals surface area (Å²) >= 11 is 1.69. The molecule has 2 aromatic rings. The fourth-order valence-electron chi connectivity index (χ4n) is 2.78.